The van der Waals surface area contributed by atoms with Crippen molar-refractivity contribution in [2.75, 3.05) is 27.7 Å². The number of fused-ring (bicyclic) bond motifs is 1. The number of benzene rings is 3. The van der Waals surface area contributed by atoms with Crippen LogP contribution in [0, 0.1) is 0 Å². The predicted octanol–water partition coefficient (Wildman–Crippen LogP) is 7.71. The highest BCUT2D eigenvalue weighted by Crippen LogP contribution is 2.49. The van der Waals surface area contributed by atoms with E-state index in [1.54, 1.807) is 18.4 Å². The Morgan fingerprint density at radius 3 is 2.42 bits per heavy atom. The minimum absolute atomic E-state index is 0.432. The Balaban J connectivity index is 1.80. The molecule has 0 aliphatic carbocycles. The number of thiophene rings is 1. The Labute approximate surface area is 236 Å². The third kappa shape index (κ3) is 5.27. The van der Waals surface area contributed by atoms with Crippen molar-refractivity contribution in [3.63, 3.8) is 0 Å². The maximum Gasteiger partial charge on any atom is 0.217 e. The minimum Gasteiger partial charge on any atom is -0.481 e. The number of methoxy groups -OCH3 is 1. The van der Waals surface area contributed by atoms with Crippen molar-refractivity contribution in [2.24, 2.45) is 0 Å². The summed E-state index contributed by atoms with van der Waals surface area (Å²) in [4.78, 5) is 6.86. The number of halogens is 1. The first-order valence-electron chi connectivity index (χ1n) is 12.6. The number of aromatic nitrogens is 1. The van der Waals surface area contributed by atoms with E-state index in [1.165, 1.54) is 0 Å². The van der Waals surface area contributed by atoms with Crippen molar-refractivity contribution in [1.29, 1.82) is 0 Å². The molecule has 5 aromatic rings. The van der Waals surface area contributed by atoms with E-state index < -0.39 is 11.5 Å². The summed E-state index contributed by atoms with van der Waals surface area (Å²) < 4.78 is 6.91. The van der Waals surface area contributed by atoms with Gasteiger partial charge in [0.05, 0.1) is 10.9 Å². The molecule has 0 bridgehead atoms. The molecule has 1 N–H and O–H groups in total. The van der Waals surface area contributed by atoms with Crippen LogP contribution in [0.3, 0.4) is 0 Å². The number of pyridine rings is 1. The maximum absolute atomic E-state index is 13.1. The van der Waals surface area contributed by atoms with Crippen molar-refractivity contribution in [3.8, 4) is 17.0 Å². The Bertz CT molecular complexity index is 1530. The standard InChI is InChI=1S/C32H31BrN2O2S/c1-35(2)17-16-32(36,28-15-9-13-22-10-7-8-14-26(22)28)30(23-11-5-4-6-12-23)27-18-24(20-34-31(27)37-3)25-19-29(33)38-21-25/h4-15,18-21,30,36H,16-17H2,1-3H3. The summed E-state index contributed by atoms with van der Waals surface area (Å²) in [5, 5.41) is 17.3. The fraction of sp³-hybridized carbons (Fsp3) is 0.219. The molecule has 0 aliphatic heterocycles. The highest BCUT2D eigenvalue weighted by molar-refractivity contribution is 9.11. The van der Waals surface area contributed by atoms with Crippen molar-refractivity contribution >= 4 is 38.0 Å². The zero-order valence-corrected chi connectivity index (χ0v) is 24.2. The number of rotatable bonds is 9. The summed E-state index contributed by atoms with van der Waals surface area (Å²) in [6.07, 6.45) is 2.36. The first-order chi connectivity index (χ1) is 18.4. The highest BCUT2D eigenvalue weighted by Gasteiger charge is 2.43. The van der Waals surface area contributed by atoms with Gasteiger partial charge in [0.2, 0.25) is 5.88 Å². The van der Waals surface area contributed by atoms with Crippen LogP contribution in [0.1, 0.15) is 29.0 Å². The van der Waals surface area contributed by atoms with Gasteiger partial charge in [0.25, 0.3) is 0 Å². The number of hydrogen-bond donors (Lipinski definition) is 1. The third-order valence-corrected chi connectivity index (χ3v) is 8.60. The molecule has 3 aromatic carbocycles. The quantitative estimate of drug-likeness (QED) is 0.192. The van der Waals surface area contributed by atoms with E-state index in [0.29, 0.717) is 18.8 Å². The monoisotopic (exact) mass is 586 g/mol. The summed E-state index contributed by atoms with van der Waals surface area (Å²) in [6, 6.07) is 28.9. The minimum atomic E-state index is -1.25. The van der Waals surface area contributed by atoms with Gasteiger partial charge in [-0.15, -0.1) is 11.3 Å². The van der Waals surface area contributed by atoms with E-state index in [4.69, 9.17) is 9.72 Å². The maximum atomic E-state index is 13.1. The molecular formula is C32H31BrN2O2S. The molecule has 2 unspecified atom stereocenters. The van der Waals surface area contributed by atoms with Gasteiger partial charge in [0.1, 0.15) is 5.60 Å². The van der Waals surface area contributed by atoms with Gasteiger partial charge in [-0.1, -0.05) is 72.8 Å². The van der Waals surface area contributed by atoms with E-state index >= 15 is 0 Å². The molecule has 0 amide bonds. The van der Waals surface area contributed by atoms with Crippen LogP contribution in [0.5, 0.6) is 5.88 Å². The Morgan fingerprint density at radius 1 is 0.974 bits per heavy atom. The van der Waals surface area contributed by atoms with Crippen LogP contribution in [-0.2, 0) is 5.60 Å². The second kappa shape index (κ2) is 11.4. The first kappa shape index (κ1) is 26.6. The molecule has 2 heterocycles. The second-order valence-electron chi connectivity index (χ2n) is 9.81. The van der Waals surface area contributed by atoms with Crippen LogP contribution in [0.25, 0.3) is 21.9 Å². The lowest BCUT2D eigenvalue weighted by atomic mass is 9.70. The van der Waals surface area contributed by atoms with Gasteiger partial charge in [-0.25, -0.2) is 4.98 Å². The molecule has 0 fully saturated rings. The van der Waals surface area contributed by atoms with Crippen LogP contribution in [0.15, 0.2) is 100 Å². The molecule has 194 valence electrons. The summed E-state index contributed by atoms with van der Waals surface area (Å²) >= 11 is 5.23. The molecule has 38 heavy (non-hydrogen) atoms. The van der Waals surface area contributed by atoms with Gasteiger partial charge in [0.15, 0.2) is 0 Å². The average molecular weight is 588 g/mol. The molecule has 0 aliphatic rings. The molecule has 0 saturated heterocycles. The van der Waals surface area contributed by atoms with E-state index in [1.807, 2.05) is 56.7 Å². The SMILES string of the molecule is COc1ncc(-c2csc(Br)c2)cc1C(c1ccccc1)C(O)(CCN(C)C)c1cccc2ccccc12. The van der Waals surface area contributed by atoms with E-state index in [-0.39, 0.29) is 0 Å². The number of nitrogens with zero attached hydrogens (tertiary/aromatic N) is 2. The van der Waals surface area contributed by atoms with Crippen molar-refractivity contribution in [2.45, 2.75) is 17.9 Å². The molecule has 4 nitrogen and oxygen atoms in total. The molecule has 6 heteroatoms. The van der Waals surface area contributed by atoms with Gasteiger partial charge < -0.3 is 14.7 Å². The summed E-state index contributed by atoms with van der Waals surface area (Å²) in [5.41, 5.74) is 3.56. The highest BCUT2D eigenvalue weighted by atomic mass is 79.9. The zero-order valence-electron chi connectivity index (χ0n) is 21.8. The summed E-state index contributed by atoms with van der Waals surface area (Å²) in [5.74, 6) is 0.0827. The van der Waals surface area contributed by atoms with E-state index in [9.17, 15) is 5.11 Å². The van der Waals surface area contributed by atoms with Crippen LogP contribution < -0.4 is 4.74 Å². The summed E-state index contributed by atoms with van der Waals surface area (Å²) in [7, 11) is 5.72. The second-order valence-corrected chi connectivity index (χ2v) is 12.1. The normalized spacial score (nSPS) is 13.9. The Kier molecular flexibility index (Phi) is 7.96. The lowest BCUT2D eigenvalue weighted by Gasteiger charge is -2.39. The van der Waals surface area contributed by atoms with Gasteiger partial charge >= 0.3 is 0 Å². The van der Waals surface area contributed by atoms with Gasteiger partial charge in [-0.05, 0) is 81.4 Å². The number of hydrogen-bond acceptors (Lipinski definition) is 5. The van der Waals surface area contributed by atoms with Crippen molar-refractivity contribution in [1.82, 2.24) is 9.88 Å². The predicted molar refractivity (Wildman–Crippen MR) is 161 cm³/mol. The number of aliphatic hydroxyl groups is 1. The third-order valence-electron chi connectivity index (χ3n) is 7.09. The van der Waals surface area contributed by atoms with Gasteiger partial charge in [0, 0.05) is 29.8 Å². The topological polar surface area (TPSA) is 45.6 Å². The fourth-order valence-electron chi connectivity index (χ4n) is 5.26. The molecule has 5 rings (SSSR count). The summed E-state index contributed by atoms with van der Waals surface area (Å²) in [6.45, 7) is 0.704. The van der Waals surface area contributed by atoms with Crippen LogP contribution in [0.4, 0.5) is 0 Å². The molecular weight excluding hydrogens is 556 g/mol. The van der Waals surface area contributed by atoms with Gasteiger partial charge in [-0.3, -0.25) is 0 Å². The lowest BCUT2D eigenvalue weighted by molar-refractivity contribution is 0.00517. The van der Waals surface area contributed by atoms with Crippen LogP contribution in [0.2, 0.25) is 0 Å². The fourth-order valence-corrected chi connectivity index (χ4v) is 6.42. The van der Waals surface area contributed by atoms with Crippen LogP contribution in [-0.4, -0.2) is 42.7 Å². The zero-order chi connectivity index (χ0) is 26.7. The molecule has 0 saturated carbocycles. The van der Waals surface area contributed by atoms with Crippen molar-refractivity contribution in [3.05, 3.63) is 117 Å². The smallest absolute Gasteiger partial charge is 0.217 e. The Hall–Kier alpha value is -3.03. The molecule has 2 atom stereocenters. The molecule has 0 spiro atoms. The Morgan fingerprint density at radius 2 is 1.71 bits per heavy atom. The first-order valence-corrected chi connectivity index (χ1v) is 14.3. The van der Waals surface area contributed by atoms with Crippen molar-refractivity contribution < 1.29 is 9.84 Å². The van der Waals surface area contributed by atoms with E-state index in [2.05, 4.69) is 74.7 Å². The lowest BCUT2D eigenvalue weighted by Crippen LogP contribution is -2.38. The average Bonchev–Trinajstić information content (AvgIpc) is 3.38. The largest absolute Gasteiger partial charge is 0.481 e. The molecule has 0 radical (unpaired) electrons. The van der Waals surface area contributed by atoms with Gasteiger partial charge in [-0.2, -0.15) is 0 Å². The van der Waals surface area contributed by atoms with E-state index in [0.717, 1.165) is 42.4 Å². The molecule has 2 aromatic heterocycles. The number of ether oxygens (including phenoxy) is 1. The van der Waals surface area contributed by atoms with Crippen LogP contribution >= 0.6 is 27.3 Å².